The molecular weight excluding hydrogens is 549 g/mol. The normalized spacial score (nSPS) is 12.2. The topological polar surface area (TPSA) is 174 Å². The minimum absolute atomic E-state index is 0.299. The van der Waals surface area contributed by atoms with E-state index >= 15 is 0 Å². The molecule has 0 aliphatic carbocycles. The average Bonchev–Trinajstić information content (AvgIpc) is 2.82. The molecule has 0 fully saturated rings. The number of para-hydroxylation sites is 1. The Morgan fingerprint density at radius 2 is 1.76 bits per heavy atom. The second-order valence-corrected chi connectivity index (χ2v) is 8.79. The number of halogens is 1. The number of carboxylic acid groups (broad SMARTS) is 1. The second kappa shape index (κ2) is 13.6. The van der Waals surface area contributed by atoms with Crippen molar-refractivity contribution in [1.82, 2.24) is 10.3 Å². The van der Waals surface area contributed by atoms with Gasteiger partial charge in [-0.15, -0.1) is 0 Å². The number of benzene rings is 2. The lowest BCUT2D eigenvalue weighted by Crippen LogP contribution is -2.49. The van der Waals surface area contributed by atoms with E-state index in [1.807, 2.05) is 48.5 Å². The van der Waals surface area contributed by atoms with Gasteiger partial charge in [0.15, 0.2) is 0 Å². The molecule has 1 heterocycles. The van der Waals surface area contributed by atoms with Crippen molar-refractivity contribution in [2.75, 3.05) is 6.54 Å². The fraction of sp³-hybridized carbons (Fsp3) is 0.250. The van der Waals surface area contributed by atoms with Gasteiger partial charge in [-0.05, 0) is 78.2 Å². The molecule has 180 valence electrons. The highest BCUT2D eigenvalue weighted by Gasteiger charge is 2.22. The fourth-order valence-corrected chi connectivity index (χ4v) is 3.39. The predicted molar refractivity (Wildman–Crippen MR) is 139 cm³/mol. The van der Waals surface area contributed by atoms with Gasteiger partial charge >= 0.3 is 5.97 Å². The summed E-state index contributed by atoms with van der Waals surface area (Å²) in [6, 6.07) is 15.3. The molecule has 0 radical (unpaired) electrons. The van der Waals surface area contributed by atoms with E-state index in [4.69, 9.17) is 22.3 Å². The van der Waals surface area contributed by atoms with Crippen LogP contribution in [0.4, 0.5) is 0 Å². The number of carbonyl (C=O) groups is 3. The Morgan fingerprint density at radius 1 is 1.09 bits per heavy atom. The first-order valence-electron chi connectivity index (χ1n) is 10.6. The van der Waals surface area contributed by atoms with Crippen LogP contribution in [0.25, 0.3) is 10.9 Å². The molecule has 0 saturated heterocycles. The lowest BCUT2D eigenvalue weighted by molar-refractivity contribution is -0.142. The number of rotatable bonds is 9. The Balaban J connectivity index is 0.000000266. The number of carbonyl (C=O) groups excluding carboxylic acids is 2. The Hall–Kier alpha value is -3.09. The Labute approximate surface area is 211 Å². The molecule has 0 aliphatic rings. The maximum Gasteiger partial charge on any atom is 0.326 e. The monoisotopic (exact) mass is 577 g/mol. The summed E-state index contributed by atoms with van der Waals surface area (Å²) in [5.74, 6) is -1.98. The first-order chi connectivity index (χ1) is 16.2. The van der Waals surface area contributed by atoms with Crippen LogP contribution in [0.2, 0.25) is 0 Å². The van der Waals surface area contributed by atoms with Gasteiger partial charge in [0.2, 0.25) is 11.8 Å². The molecule has 2 aromatic carbocycles. The minimum Gasteiger partial charge on any atom is -0.480 e. The van der Waals surface area contributed by atoms with Crippen molar-refractivity contribution in [3.63, 3.8) is 0 Å². The lowest BCUT2D eigenvalue weighted by atomic mass is 10.1. The first kappa shape index (κ1) is 27.2. The summed E-state index contributed by atoms with van der Waals surface area (Å²) in [4.78, 5) is 38.0. The number of nitrogens with two attached hydrogens (primary N) is 3. The van der Waals surface area contributed by atoms with Gasteiger partial charge in [-0.1, -0.05) is 30.3 Å². The third-order valence-corrected chi connectivity index (χ3v) is 5.61. The number of amides is 2. The van der Waals surface area contributed by atoms with Gasteiger partial charge < -0.3 is 27.6 Å². The van der Waals surface area contributed by atoms with Crippen molar-refractivity contribution in [2.45, 2.75) is 31.3 Å². The van der Waals surface area contributed by atoms with E-state index in [-0.39, 0.29) is 0 Å². The summed E-state index contributed by atoms with van der Waals surface area (Å²) in [6.07, 6.45) is 2.69. The molecule has 2 atom stereocenters. The quantitative estimate of drug-likeness (QED) is 0.241. The number of primary amides is 1. The van der Waals surface area contributed by atoms with E-state index in [1.165, 1.54) is 6.20 Å². The van der Waals surface area contributed by atoms with Crippen LogP contribution in [0, 0.1) is 3.57 Å². The van der Waals surface area contributed by atoms with Crippen molar-refractivity contribution in [2.24, 2.45) is 17.2 Å². The molecule has 3 rings (SSSR count). The summed E-state index contributed by atoms with van der Waals surface area (Å²) in [6.45, 7) is 0.383. The molecule has 3 aromatic rings. The van der Waals surface area contributed by atoms with Crippen LogP contribution < -0.4 is 22.5 Å². The van der Waals surface area contributed by atoms with E-state index in [0.717, 1.165) is 20.0 Å². The molecule has 34 heavy (non-hydrogen) atoms. The predicted octanol–water partition coefficient (Wildman–Crippen LogP) is 1.80. The number of nitrogens with one attached hydrogen (secondary N) is 1. The molecule has 0 spiro atoms. The molecule has 0 unspecified atom stereocenters. The number of aliphatic carboxylic acids is 1. The molecule has 9 nitrogen and oxygen atoms in total. The van der Waals surface area contributed by atoms with Gasteiger partial charge in [-0.25, -0.2) is 4.79 Å². The molecule has 0 bridgehead atoms. The summed E-state index contributed by atoms with van der Waals surface area (Å²) in [5, 5.41) is 12.4. The highest BCUT2D eigenvalue weighted by molar-refractivity contribution is 14.1. The van der Waals surface area contributed by atoms with E-state index in [1.54, 1.807) is 6.07 Å². The zero-order chi connectivity index (χ0) is 25.1. The molecule has 0 saturated carbocycles. The molecule has 2 amide bonds. The highest BCUT2D eigenvalue weighted by atomic mass is 127. The van der Waals surface area contributed by atoms with Crippen LogP contribution in [-0.4, -0.2) is 46.5 Å². The van der Waals surface area contributed by atoms with Crippen LogP contribution in [0.3, 0.4) is 0 Å². The van der Waals surface area contributed by atoms with Crippen LogP contribution in [0.5, 0.6) is 0 Å². The summed E-state index contributed by atoms with van der Waals surface area (Å²) < 4.78 is 1.10. The third-order valence-electron chi connectivity index (χ3n) is 4.89. The van der Waals surface area contributed by atoms with Gasteiger partial charge in [-0.3, -0.25) is 14.6 Å². The van der Waals surface area contributed by atoms with E-state index in [9.17, 15) is 14.4 Å². The Kier molecular flexibility index (Phi) is 10.8. The van der Waals surface area contributed by atoms with Crippen molar-refractivity contribution < 1.29 is 19.5 Å². The highest BCUT2D eigenvalue weighted by Crippen LogP contribution is 2.12. The number of pyridine rings is 1. The van der Waals surface area contributed by atoms with E-state index < -0.39 is 29.9 Å². The van der Waals surface area contributed by atoms with Gasteiger partial charge in [0.1, 0.15) is 6.04 Å². The second-order valence-electron chi connectivity index (χ2n) is 7.55. The lowest BCUT2D eigenvalue weighted by Gasteiger charge is -2.17. The zero-order valence-electron chi connectivity index (χ0n) is 18.5. The molecule has 8 N–H and O–H groups in total. The Morgan fingerprint density at radius 3 is 2.38 bits per heavy atom. The minimum atomic E-state index is -1.07. The maximum absolute atomic E-state index is 12.0. The van der Waals surface area contributed by atoms with Gasteiger partial charge in [0.05, 0.1) is 17.1 Å². The number of hydrogen-bond acceptors (Lipinski definition) is 6. The molecular formula is C24H28IN5O4. The summed E-state index contributed by atoms with van der Waals surface area (Å²) in [5.41, 5.74) is 18.6. The van der Waals surface area contributed by atoms with E-state index in [2.05, 4.69) is 32.9 Å². The zero-order valence-corrected chi connectivity index (χ0v) is 20.6. The third kappa shape index (κ3) is 8.69. The molecule has 10 heteroatoms. The number of carboxylic acids is 1. The average molecular weight is 577 g/mol. The maximum atomic E-state index is 12.0. The SMILES string of the molecule is NC(=O)c1cnc2ccccc2c1.NCCC[C@H](NC(=O)[C@@H](N)Cc1ccc(I)cc1)C(=O)O. The first-order valence-corrected chi connectivity index (χ1v) is 11.7. The van der Waals surface area contributed by atoms with Crippen molar-refractivity contribution in [1.29, 1.82) is 0 Å². The van der Waals surface area contributed by atoms with Crippen LogP contribution in [0.15, 0.2) is 60.8 Å². The van der Waals surface area contributed by atoms with Gasteiger partial charge in [0.25, 0.3) is 0 Å². The summed E-state index contributed by atoms with van der Waals surface area (Å²) >= 11 is 2.19. The fourth-order valence-electron chi connectivity index (χ4n) is 3.03. The van der Waals surface area contributed by atoms with E-state index in [0.29, 0.717) is 31.4 Å². The van der Waals surface area contributed by atoms with Crippen molar-refractivity contribution in [3.8, 4) is 0 Å². The number of aromatic nitrogens is 1. The van der Waals surface area contributed by atoms with Crippen LogP contribution >= 0.6 is 22.6 Å². The summed E-state index contributed by atoms with van der Waals surface area (Å²) in [7, 11) is 0. The smallest absolute Gasteiger partial charge is 0.326 e. The van der Waals surface area contributed by atoms with Gasteiger partial charge in [-0.2, -0.15) is 0 Å². The van der Waals surface area contributed by atoms with Crippen molar-refractivity contribution >= 4 is 51.3 Å². The molecule has 0 aliphatic heterocycles. The molecule has 1 aromatic heterocycles. The number of fused-ring (bicyclic) bond motifs is 1. The van der Waals surface area contributed by atoms with Crippen LogP contribution in [0.1, 0.15) is 28.8 Å². The Bertz CT molecular complexity index is 1120. The number of nitrogens with zero attached hydrogens (tertiary/aromatic N) is 1. The van der Waals surface area contributed by atoms with Gasteiger partial charge in [0, 0.05) is 15.2 Å². The van der Waals surface area contributed by atoms with Crippen LogP contribution in [-0.2, 0) is 16.0 Å². The number of hydrogen-bond donors (Lipinski definition) is 5. The van der Waals surface area contributed by atoms with Crippen molar-refractivity contribution in [3.05, 3.63) is 75.5 Å². The standard InChI is InChI=1S/C14H20IN3O3.C10H8N2O/c15-10-5-3-9(4-6-10)8-11(17)13(19)18-12(14(20)21)2-1-7-16;11-10(13)8-5-7-3-1-2-4-9(7)12-6-8/h3-6,11-12H,1-2,7-8,16-17H2,(H,18,19)(H,20,21);1-6H,(H2,11,13)/t11-,12-;/m0./s1. The largest absolute Gasteiger partial charge is 0.480 e.